The lowest BCUT2D eigenvalue weighted by atomic mass is 10.1. The first-order valence-corrected chi connectivity index (χ1v) is 11.7. The third-order valence-electron chi connectivity index (χ3n) is 5.35. The molecule has 0 aliphatic heterocycles. The van der Waals surface area contributed by atoms with Crippen LogP contribution in [0, 0.1) is 0 Å². The van der Waals surface area contributed by atoms with E-state index in [0.717, 1.165) is 12.8 Å². The molecular formula is C22H21ClN10O5. The van der Waals surface area contributed by atoms with E-state index in [2.05, 4.69) is 41.1 Å². The van der Waals surface area contributed by atoms with Crippen molar-refractivity contribution in [2.45, 2.75) is 31.3 Å². The van der Waals surface area contributed by atoms with Crippen molar-refractivity contribution in [2.24, 2.45) is 10.2 Å². The number of halogens is 1. The molecule has 0 spiro atoms. The van der Waals surface area contributed by atoms with Gasteiger partial charge in [0.2, 0.25) is 0 Å². The van der Waals surface area contributed by atoms with Crippen LogP contribution < -0.4 is 25.6 Å². The van der Waals surface area contributed by atoms with Crippen molar-refractivity contribution in [1.82, 2.24) is 21.1 Å². The van der Waals surface area contributed by atoms with Gasteiger partial charge in [0.05, 0.1) is 17.1 Å². The number of allylic oxidation sites excluding steroid dienone is 1. The van der Waals surface area contributed by atoms with E-state index in [9.17, 15) is 9.59 Å². The SMILES string of the molecule is [N-]=[N+]=NCONC(=O)c1cc2c(OC3=CCC(NC(=O)NC4CC4)C(Cl)=C3)ccnc2cc1OCN=[N+]=[N-]. The molecule has 4 rings (SSSR count). The molecule has 3 N–H and O–H groups in total. The number of urea groups is 1. The van der Waals surface area contributed by atoms with E-state index in [-0.39, 0.29) is 36.2 Å². The Bertz CT molecular complexity index is 1400. The van der Waals surface area contributed by atoms with Crippen LogP contribution in [0.5, 0.6) is 11.5 Å². The van der Waals surface area contributed by atoms with Gasteiger partial charge >= 0.3 is 6.03 Å². The molecule has 3 amide bonds. The number of nitrogens with one attached hydrogen (secondary N) is 3. The number of pyridine rings is 1. The Hall–Kier alpha value is -4.68. The van der Waals surface area contributed by atoms with Crippen LogP contribution in [-0.4, -0.2) is 42.5 Å². The highest BCUT2D eigenvalue weighted by molar-refractivity contribution is 6.30. The topological polar surface area (TPSA) is 208 Å². The number of azide groups is 2. The van der Waals surface area contributed by atoms with E-state index < -0.39 is 12.6 Å². The number of hydroxylamine groups is 1. The number of carbonyl (C=O) groups is 2. The smallest absolute Gasteiger partial charge is 0.315 e. The third kappa shape index (κ3) is 6.96. The van der Waals surface area contributed by atoms with E-state index in [4.69, 9.17) is 37.0 Å². The van der Waals surface area contributed by atoms with E-state index >= 15 is 0 Å². The number of ether oxygens (including phenoxy) is 2. The summed E-state index contributed by atoms with van der Waals surface area (Å²) < 4.78 is 11.5. The Morgan fingerprint density at radius 2 is 1.92 bits per heavy atom. The fourth-order valence-corrected chi connectivity index (χ4v) is 3.70. The molecule has 0 saturated heterocycles. The van der Waals surface area contributed by atoms with Gasteiger partial charge in [0.25, 0.3) is 5.91 Å². The van der Waals surface area contributed by atoms with Gasteiger partial charge in [-0.15, -0.1) is 0 Å². The van der Waals surface area contributed by atoms with E-state index in [1.807, 2.05) is 0 Å². The van der Waals surface area contributed by atoms with Gasteiger partial charge in [0.15, 0.2) is 13.5 Å². The summed E-state index contributed by atoms with van der Waals surface area (Å²) in [5.74, 6) is 0.155. The average molecular weight is 541 g/mol. The van der Waals surface area contributed by atoms with Gasteiger partial charge in [-0.3, -0.25) is 14.6 Å². The van der Waals surface area contributed by atoms with Gasteiger partial charge in [0, 0.05) is 38.5 Å². The van der Waals surface area contributed by atoms with Crippen molar-refractivity contribution in [1.29, 1.82) is 0 Å². The zero-order chi connectivity index (χ0) is 26.9. The number of nitrogens with zero attached hydrogens (tertiary/aromatic N) is 7. The second-order valence-corrected chi connectivity index (χ2v) is 8.47. The van der Waals surface area contributed by atoms with Crippen molar-refractivity contribution in [2.75, 3.05) is 13.5 Å². The molecule has 15 nitrogen and oxygen atoms in total. The van der Waals surface area contributed by atoms with Crippen LogP contribution >= 0.6 is 11.6 Å². The monoisotopic (exact) mass is 540 g/mol. The Balaban J connectivity index is 1.55. The Morgan fingerprint density at radius 3 is 2.66 bits per heavy atom. The summed E-state index contributed by atoms with van der Waals surface area (Å²) in [6, 6.07) is 4.14. The first-order valence-electron chi connectivity index (χ1n) is 11.3. The molecule has 1 unspecified atom stereocenters. The zero-order valence-electron chi connectivity index (χ0n) is 19.7. The summed E-state index contributed by atoms with van der Waals surface area (Å²) in [7, 11) is 0. The minimum atomic E-state index is -0.719. The fraction of sp³-hybridized carbons (Fsp3) is 0.318. The summed E-state index contributed by atoms with van der Waals surface area (Å²) in [6.07, 6.45) is 7.28. The predicted octanol–water partition coefficient (Wildman–Crippen LogP) is 4.43. The maximum Gasteiger partial charge on any atom is 0.315 e. The first-order chi connectivity index (χ1) is 18.5. The van der Waals surface area contributed by atoms with Gasteiger partial charge < -0.3 is 20.1 Å². The number of hydrogen-bond acceptors (Lipinski definition) is 8. The highest BCUT2D eigenvalue weighted by Gasteiger charge is 2.26. The lowest BCUT2D eigenvalue weighted by molar-refractivity contribution is 0.0336. The highest BCUT2D eigenvalue weighted by atomic mass is 35.5. The van der Waals surface area contributed by atoms with Gasteiger partial charge in [-0.1, -0.05) is 21.8 Å². The van der Waals surface area contributed by atoms with Crippen LogP contribution in [0.2, 0.25) is 0 Å². The molecule has 2 aromatic rings. The molecule has 1 atom stereocenters. The lowest BCUT2D eigenvalue weighted by Crippen LogP contribution is -2.43. The number of rotatable bonds is 11. The first kappa shape index (κ1) is 26.4. The number of hydrogen-bond donors (Lipinski definition) is 3. The van der Waals surface area contributed by atoms with Crippen LogP contribution in [0.3, 0.4) is 0 Å². The summed E-state index contributed by atoms with van der Waals surface area (Å²) in [5.41, 5.74) is 19.5. The van der Waals surface area contributed by atoms with Crippen LogP contribution in [0.4, 0.5) is 4.79 Å². The summed E-state index contributed by atoms with van der Waals surface area (Å²) >= 11 is 6.41. The van der Waals surface area contributed by atoms with E-state index in [1.165, 1.54) is 18.3 Å². The van der Waals surface area contributed by atoms with Gasteiger partial charge in [-0.2, -0.15) is 0 Å². The molecule has 1 fully saturated rings. The second-order valence-electron chi connectivity index (χ2n) is 8.03. The molecule has 1 aromatic heterocycles. The molecule has 16 heteroatoms. The van der Waals surface area contributed by atoms with Gasteiger partial charge in [-0.05, 0) is 54.6 Å². The van der Waals surface area contributed by atoms with E-state index in [0.29, 0.717) is 33.9 Å². The maximum atomic E-state index is 12.8. The molecule has 1 aromatic carbocycles. The Morgan fingerprint density at radius 1 is 1.13 bits per heavy atom. The Labute approximate surface area is 220 Å². The maximum absolute atomic E-state index is 12.8. The number of amides is 3. The Kier molecular flexibility index (Phi) is 8.69. The molecular weight excluding hydrogens is 520 g/mol. The largest absolute Gasteiger partial charge is 0.487 e. The van der Waals surface area contributed by atoms with E-state index in [1.54, 1.807) is 18.2 Å². The number of fused-ring (bicyclic) bond motifs is 1. The fourth-order valence-electron chi connectivity index (χ4n) is 3.45. The van der Waals surface area contributed by atoms with Crippen LogP contribution in [0.1, 0.15) is 29.6 Å². The summed E-state index contributed by atoms with van der Waals surface area (Å²) in [4.78, 5) is 39.1. The second kappa shape index (κ2) is 12.5. The number of aromatic nitrogens is 1. The minimum Gasteiger partial charge on any atom is -0.487 e. The van der Waals surface area contributed by atoms with Crippen LogP contribution in [-0.2, 0) is 4.84 Å². The zero-order valence-corrected chi connectivity index (χ0v) is 20.5. The van der Waals surface area contributed by atoms with Crippen molar-refractivity contribution >= 4 is 34.4 Å². The molecule has 2 aliphatic rings. The molecule has 1 saturated carbocycles. The predicted molar refractivity (Wildman–Crippen MR) is 135 cm³/mol. The molecule has 1 heterocycles. The third-order valence-corrected chi connectivity index (χ3v) is 5.72. The van der Waals surface area contributed by atoms with Crippen LogP contribution in [0.25, 0.3) is 31.8 Å². The molecule has 196 valence electrons. The quantitative estimate of drug-likeness (QED) is 0.123. The highest BCUT2D eigenvalue weighted by Crippen LogP contribution is 2.33. The number of benzene rings is 1. The van der Waals surface area contributed by atoms with Crippen molar-refractivity contribution < 1.29 is 23.9 Å². The standard InChI is InChI=1S/C22H21ClN10O5/c23-16-7-13(3-4-17(16)30-22(35)29-12-1-2-12)38-19-5-6-26-18-9-20(36-10-27-32-24)15(8-14(18)19)21(34)31-37-11-28-33-25/h3,5-9,12,17H,1-2,4,10-11H2,(H,31,34)(H2,29,30,35). The normalized spacial score (nSPS) is 16.2. The molecule has 0 radical (unpaired) electrons. The van der Waals surface area contributed by atoms with Gasteiger partial charge in [-0.25, -0.2) is 10.3 Å². The molecule has 38 heavy (non-hydrogen) atoms. The van der Waals surface area contributed by atoms with Crippen molar-refractivity contribution in [3.05, 3.63) is 73.8 Å². The average Bonchev–Trinajstić information content (AvgIpc) is 3.72. The summed E-state index contributed by atoms with van der Waals surface area (Å²) in [5, 5.41) is 13.0. The lowest BCUT2D eigenvalue weighted by Gasteiger charge is -2.22. The summed E-state index contributed by atoms with van der Waals surface area (Å²) in [6.45, 7) is -0.803. The number of carbonyl (C=O) groups excluding carboxylic acids is 2. The van der Waals surface area contributed by atoms with Crippen molar-refractivity contribution in [3.63, 3.8) is 0 Å². The molecule has 2 aliphatic carbocycles. The van der Waals surface area contributed by atoms with Gasteiger partial charge in [0.1, 0.15) is 17.3 Å². The van der Waals surface area contributed by atoms with Crippen LogP contribution in [0.15, 0.2) is 57.6 Å². The van der Waals surface area contributed by atoms with Crippen molar-refractivity contribution in [3.8, 4) is 11.5 Å². The molecule has 0 bridgehead atoms. The minimum absolute atomic E-state index is 0.0153.